The number of aromatic carboxylic acids is 1. The highest BCUT2D eigenvalue weighted by atomic mass is 35.5. The minimum Gasteiger partial charge on any atom is -0.477 e. The second-order valence-electron chi connectivity index (χ2n) is 7.71. The summed E-state index contributed by atoms with van der Waals surface area (Å²) in [6, 6.07) is 13.3. The molecule has 184 valence electrons. The standard InChI is InChI=1S/C24H21ClN6O5/c1-3-30-23(34)29-22(31(24(30)35)12-15-4-6-16(25)7-5-15)28-17-8-9-19(14(2)10-17)36-20-11-18(21(32)33)26-13-27-20/h4-11,13H,3,12H2,1-2H3,(H,32,33)(H,28,29,34). The van der Waals surface area contributed by atoms with E-state index in [1.165, 1.54) is 10.6 Å². The molecule has 0 radical (unpaired) electrons. The first-order valence-electron chi connectivity index (χ1n) is 10.8. The van der Waals surface area contributed by atoms with Gasteiger partial charge in [-0.3, -0.25) is 4.57 Å². The number of ether oxygens (including phenoxy) is 1. The number of nitrogens with zero attached hydrogens (tertiary/aromatic N) is 5. The van der Waals surface area contributed by atoms with Crippen LogP contribution in [0.1, 0.15) is 28.5 Å². The van der Waals surface area contributed by atoms with Gasteiger partial charge in [0.1, 0.15) is 12.1 Å². The number of carboxylic acid groups (broad SMARTS) is 1. The third-order valence-electron chi connectivity index (χ3n) is 5.23. The average Bonchev–Trinajstić information content (AvgIpc) is 2.85. The molecular formula is C24H21ClN6O5. The van der Waals surface area contributed by atoms with Crippen molar-refractivity contribution in [3.63, 3.8) is 0 Å². The second-order valence-corrected chi connectivity index (χ2v) is 8.15. The third-order valence-corrected chi connectivity index (χ3v) is 5.48. The van der Waals surface area contributed by atoms with Gasteiger partial charge >= 0.3 is 17.3 Å². The maximum Gasteiger partial charge on any atom is 0.354 e. The largest absolute Gasteiger partial charge is 0.477 e. The SMILES string of the molecule is CCn1c(=O)nc(Nc2ccc(Oc3cc(C(=O)O)ncn3)c(C)c2)n(Cc2ccc(Cl)cc2)c1=O. The van der Waals surface area contributed by atoms with Gasteiger partial charge in [-0.2, -0.15) is 4.98 Å². The molecule has 0 bridgehead atoms. The minimum atomic E-state index is -1.19. The molecule has 2 aromatic carbocycles. The fourth-order valence-corrected chi connectivity index (χ4v) is 3.53. The van der Waals surface area contributed by atoms with Gasteiger partial charge in [-0.05, 0) is 55.3 Å². The van der Waals surface area contributed by atoms with Gasteiger partial charge in [-0.1, -0.05) is 23.7 Å². The molecular weight excluding hydrogens is 488 g/mol. The van der Waals surface area contributed by atoms with Gasteiger partial charge in [0.25, 0.3) is 0 Å². The lowest BCUT2D eigenvalue weighted by atomic mass is 10.2. The maximum absolute atomic E-state index is 13.0. The van der Waals surface area contributed by atoms with Crippen molar-refractivity contribution in [3.8, 4) is 11.6 Å². The van der Waals surface area contributed by atoms with Crippen LogP contribution in [-0.4, -0.2) is 35.2 Å². The van der Waals surface area contributed by atoms with Crippen molar-refractivity contribution in [2.24, 2.45) is 0 Å². The highest BCUT2D eigenvalue weighted by molar-refractivity contribution is 6.30. The first kappa shape index (κ1) is 24.6. The van der Waals surface area contributed by atoms with Crippen molar-refractivity contribution >= 4 is 29.2 Å². The van der Waals surface area contributed by atoms with E-state index in [9.17, 15) is 14.4 Å². The molecule has 2 aromatic heterocycles. The Labute approximate surface area is 209 Å². The number of halogens is 1. The fourth-order valence-electron chi connectivity index (χ4n) is 3.41. The monoisotopic (exact) mass is 508 g/mol. The van der Waals surface area contributed by atoms with E-state index in [0.717, 1.165) is 16.5 Å². The highest BCUT2D eigenvalue weighted by Gasteiger charge is 2.14. The highest BCUT2D eigenvalue weighted by Crippen LogP contribution is 2.27. The molecule has 4 rings (SSSR count). The van der Waals surface area contributed by atoms with Gasteiger partial charge in [-0.15, -0.1) is 0 Å². The summed E-state index contributed by atoms with van der Waals surface area (Å²) in [6.07, 6.45) is 1.11. The number of hydrogen-bond acceptors (Lipinski definition) is 8. The molecule has 0 atom stereocenters. The number of nitrogens with one attached hydrogen (secondary N) is 1. The van der Waals surface area contributed by atoms with Gasteiger partial charge in [0.2, 0.25) is 11.8 Å². The van der Waals surface area contributed by atoms with Crippen LogP contribution in [0.5, 0.6) is 11.6 Å². The maximum atomic E-state index is 13.0. The Hall–Kier alpha value is -4.51. The van der Waals surface area contributed by atoms with Crippen molar-refractivity contribution < 1.29 is 14.6 Å². The number of benzene rings is 2. The number of anilines is 2. The Morgan fingerprint density at radius 3 is 2.50 bits per heavy atom. The molecule has 0 spiro atoms. The van der Waals surface area contributed by atoms with Crippen molar-refractivity contribution in [2.75, 3.05) is 5.32 Å². The lowest BCUT2D eigenvalue weighted by Gasteiger charge is -2.16. The number of hydrogen-bond donors (Lipinski definition) is 2. The normalized spacial score (nSPS) is 10.8. The molecule has 0 fully saturated rings. The lowest BCUT2D eigenvalue weighted by Crippen LogP contribution is -2.42. The summed E-state index contributed by atoms with van der Waals surface area (Å²) in [4.78, 5) is 48.3. The molecule has 12 heteroatoms. The fraction of sp³-hybridized carbons (Fsp3) is 0.167. The van der Waals surface area contributed by atoms with Crippen LogP contribution >= 0.6 is 11.6 Å². The summed E-state index contributed by atoms with van der Waals surface area (Å²) in [5.74, 6) is -0.600. The van der Waals surface area contributed by atoms with Crippen LogP contribution in [0.25, 0.3) is 0 Å². The van der Waals surface area contributed by atoms with E-state index < -0.39 is 17.3 Å². The van der Waals surface area contributed by atoms with E-state index in [1.807, 2.05) is 0 Å². The van der Waals surface area contributed by atoms with Gasteiger partial charge in [0.15, 0.2) is 5.69 Å². The Bertz CT molecular complexity index is 1550. The van der Waals surface area contributed by atoms with E-state index >= 15 is 0 Å². The van der Waals surface area contributed by atoms with Crippen LogP contribution in [0.15, 0.2) is 64.4 Å². The van der Waals surface area contributed by atoms with Gasteiger partial charge < -0.3 is 15.2 Å². The summed E-state index contributed by atoms with van der Waals surface area (Å²) >= 11 is 5.97. The number of carbonyl (C=O) groups is 1. The van der Waals surface area contributed by atoms with Crippen LogP contribution in [0, 0.1) is 6.92 Å². The molecule has 0 unspecified atom stereocenters. The van der Waals surface area contributed by atoms with Crippen molar-refractivity contribution in [1.82, 2.24) is 24.1 Å². The molecule has 2 heterocycles. The Morgan fingerprint density at radius 1 is 1.08 bits per heavy atom. The zero-order chi connectivity index (χ0) is 25.8. The number of aryl methyl sites for hydroxylation is 1. The van der Waals surface area contributed by atoms with Crippen LogP contribution in [0.3, 0.4) is 0 Å². The second kappa shape index (κ2) is 10.4. The molecule has 0 aliphatic carbocycles. The van der Waals surface area contributed by atoms with Gasteiger partial charge in [0, 0.05) is 23.3 Å². The summed E-state index contributed by atoms with van der Waals surface area (Å²) < 4.78 is 8.14. The van der Waals surface area contributed by atoms with E-state index in [1.54, 1.807) is 56.3 Å². The summed E-state index contributed by atoms with van der Waals surface area (Å²) in [7, 11) is 0. The van der Waals surface area contributed by atoms with E-state index in [-0.39, 0.29) is 30.6 Å². The summed E-state index contributed by atoms with van der Waals surface area (Å²) in [5.41, 5.74) is 0.695. The average molecular weight is 509 g/mol. The van der Waals surface area contributed by atoms with Crippen molar-refractivity contribution in [2.45, 2.75) is 26.9 Å². The zero-order valence-corrected chi connectivity index (χ0v) is 20.1. The molecule has 0 saturated carbocycles. The van der Waals surface area contributed by atoms with Crippen LogP contribution < -0.4 is 21.4 Å². The van der Waals surface area contributed by atoms with Gasteiger partial charge in [0.05, 0.1) is 6.54 Å². The molecule has 0 amide bonds. The Kier molecular flexibility index (Phi) is 7.11. The van der Waals surface area contributed by atoms with E-state index in [4.69, 9.17) is 21.4 Å². The van der Waals surface area contributed by atoms with Crippen LogP contribution in [0.2, 0.25) is 5.02 Å². The first-order valence-corrected chi connectivity index (χ1v) is 11.2. The smallest absolute Gasteiger partial charge is 0.354 e. The number of aromatic nitrogens is 5. The third kappa shape index (κ3) is 5.41. The van der Waals surface area contributed by atoms with Crippen LogP contribution in [-0.2, 0) is 13.1 Å². The molecule has 0 saturated heterocycles. The van der Waals surface area contributed by atoms with Crippen molar-refractivity contribution in [3.05, 3.63) is 97.7 Å². The summed E-state index contributed by atoms with van der Waals surface area (Å²) in [6.45, 7) is 3.83. The zero-order valence-electron chi connectivity index (χ0n) is 19.3. The first-order chi connectivity index (χ1) is 17.2. The molecule has 0 aliphatic heterocycles. The molecule has 2 N–H and O–H groups in total. The molecule has 4 aromatic rings. The van der Waals surface area contributed by atoms with E-state index in [2.05, 4.69) is 20.3 Å². The number of carboxylic acids is 1. The topological polar surface area (TPSA) is 141 Å². The molecule has 0 aliphatic rings. The van der Waals surface area contributed by atoms with Gasteiger partial charge in [-0.25, -0.2) is 28.9 Å². The summed E-state index contributed by atoms with van der Waals surface area (Å²) in [5, 5.41) is 12.7. The predicted octanol–water partition coefficient (Wildman–Crippen LogP) is 3.46. The van der Waals surface area contributed by atoms with E-state index in [0.29, 0.717) is 22.0 Å². The predicted molar refractivity (Wildman–Crippen MR) is 133 cm³/mol. The lowest BCUT2D eigenvalue weighted by molar-refractivity contribution is 0.0689. The molecule has 11 nitrogen and oxygen atoms in total. The van der Waals surface area contributed by atoms with Crippen molar-refractivity contribution in [1.29, 1.82) is 0 Å². The molecule has 36 heavy (non-hydrogen) atoms. The minimum absolute atomic E-state index is 0.0767. The Morgan fingerprint density at radius 2 is 1.83 bits per heavy atom. The van der Waals surface area contributed by atoms with Crippen LogP contribution in [0.4, 0.5) is 11.6 Å². The Balaban J connectivity index is 1.64. The number of rotatable bonds is 8. The quantitative estimate of drug-likeness (QED) is 0.366.